The van der Waals surface area contributed by atoms with E-state index in [0.29, 0.717) is 0 Å². The Kier molecular flexibility index (Phi) is 14.3. The summed E-state index contributed by atoms with van der Waals surface area (Å²) in [4.78, 5) is 4.28. The van der Waals surface area contributed by atoms with Crippen LogP contribution in [-0.2, 0) is 0 Å². The molecule has 0 bridgehead atoms. The van der Waals surface area contributed by atoms with Gasteiger partial charge < -0.3 is 0 Å². The van der Waals surface area contributed by atoms with Crippen LogP contribution in [0.4, 0.5) is 0 Å². The maximum atomic E-state index is 4.28. The van der Waals surface area contributed by atoms with Gasteiger partial charge in [0.25, 0.3) is 0 Å². The second-order valence-corrected chi connectivity index (χ2v) is 3.04. The third-order valence-corrected chi connectivity index (χ3v) is 1.76. The minimum absolute atomic E-state index is 0. The Morgan fingerprint density at radius 2 is 2.00 bits per heavy atom. The van der Waals surface area contributed by atoms with E-state index in [9.17, 15) is 0 Å². The van der Waals surface area contributed by atoms with Crippen molar-refractivity contribution >= 4 is 25.1 Å². The summed E-state index contributed by atoms with van der Waals surface area (Å²) in [6.45, 7) is 8.86. The van der Waals surface area contributed by atoms with Crippen molar-refractivity contribution in [2.45, 2.75) is 39.5 Å². The van der Waals surface area contributed by atoms with Crippen LogP contribution in [0, 0.1) is 6.92 Å². The Balaban J connectivity index is 0. The molecule has 0 aliphatic heterocycles. The van der Waals surface area contributed by atoms with Crippen LogP contribution in [0.3, 0.4) is 0 Å². The predicted octanol–water partition coefficient (Wildman–Crippen LogP) is 2.77. The first-order valence-electron chi connectivity index (χ1n) is 4.77. The first-order chi connectivity index (χ1) is 5.81. The molecular formula is C11H21LiN. The molecule has 0 aromatic carbocycles. The van der Waals surface area contributed by atoms with Gasteiger partial charge in [0.1, 0.15) is 0 Å². The molecule has 0 heterocycles. The van der Waals surface area contributed by atoms with Gasteiger partial charge in [-0.1, -0.05) is 32.3 Å². The van der Waals surface area contributed by atoms with Crippen molar-refractivity contribution in [3.63, 3.8) is 0 Å². The van der Waals surface area contributed by atoms with Gasteiger partial charge in [0, 0.05) is 12.8 Å². The van der Waals surface area contributed by atoms with E-state index in [2.05, 4.69) is 18.8 Å². The molecule has 1 nitrogen and oxygen atoms in total. The first-order valence-corrected chi connectivity index (χ1v) is 4.77. The van der Waals surface area contributed by atoms with Gasteiger partial charge in [-0.2, -0.15) is 0 Å². The molecular weight excluding hydrogens is 153 g/mol. The van der Waals surface area contributed by atoms with Crippen molar-refractivity contribution in [1.82, 2.24) is 0 Å². The van der Waals surface area contributed by atoms with Crippen molar-refractivity contribution in [2.24, 2.45) is 4.99 Å². The van der Waals surface area contributed by atoms with E-state index in [1.807, 2.05) is 19.2 Å². The average Bonchev–Trinajstić information content (AvgIpc) is 2.10. The fraction of sp³-hybridized carbons (Fsp3) is 0.636. The van der Waals surface area contributed by atoms with Crippen LogP contribution in [0.15, 0.2) is 16.6 Å². The summed E-state index contributed by atoms with van der Waals surface area (Å²) in [6, 6.07) is 0. The summed E-state index contributed by atoms with van der Waals surface area (Å²) in [5, 5.41) is 0. The zero-order valence-electron chi connectivity index (χ0n) is 8.34. The van der Waals surface area contributed by atoms with E-state index < -0.39 is 0 Å². The molecule has 0 aromatic rings. The van der Waals surface area contributed by atoms with Gasteiger partial charge in [0.05, 0.1) is 0 Å². The Hall–Kier alpha value is 0.00740. The summed E-state index contributed by atoms with van der Waals surface area (Å²) in [5.41, 5.74) is 1.14. The van der Waals surface area contributed by atoms with Gasteiger partial charge in [-0.15, -0.1) is 0 Å². The fourth-order valence-corrected chi connectivity index (χ4v) is 0.891. The van der Waals surface area contributed by atoms with Crippen LogP contribution in [0.5, 0.6) is 0 Å². The van der Waals surface area contributed by atoms with E-state index in [1.54, 1.807) is 0 Å². The van der Waals surface area contributed by atoms with E-state index in [-0.39, 0.29) is 18.9 Å². The third-order valence-electron chi connectivity index (χ3n) is 1.76. The van der Waals surface area contributed by atoms with Gasteiger partial charge in [0.2, 0.25) is 0 Å². The van der Waals surface area contributed by atoms with Crippen LogP contribution in [0.2, 0.25) is 0 Å². The second kappa shape index (κ2) is 12.0. The van der Waals surface area contributed by atoms with E-state index in [0.717, 1.165) is 12.1 Å². The van der Waals surface area contributed by atoms with Gasteiger partial charge >= 0.3 is 18.9 Å². The second-order valence-electron chi connectivity index (χ2n) is 3.04. The predicted molar refractivity (Wildman–Crippen MR) is 63.8 cm³/mol. The first kappa shape index (κ1) is 15.5. The van der Waals surface area contributed by atoms with E-state index in [4.69, 9.17) is 0 Å². The standard InChI is InChI=1S/C11H20N.Li.H/c1-4-6-7-8-9-12-10-11(3)5-2;;/h5,10H,2,4,6-9H2,1,3H3;;. The van der Waals surface area contributed by atoms with Crippen molar-refractivity contribution in [2.75, 3.05) is 6.54 Å². The average molecular weight is 174 g/mol. The normalized spacial score (nSPS) is 11.8. The van der Waals surface area contributed by atoms with Crippen molar-refractivity contribution in [1.29, 1.82) is 0 Å². The summed E-state index contributed by atoms with van der Waals surface area (Å²) >= 11 is 0. The summed E-state index contributed by atoms with van der Waals surface area (Å²) in [6.07, 6.45) is 8.88. The van der Waals surface area contributed by atoms with Crippen molar-refractivity contribution in [3.05, 3.63) is 18.6 Å². The monoisotopic (exact) mass is 174 g/mol. The number of unbranched alkanes of at least 4 members (excludes halogenated alkanes) is 3. The number of aliphatic imine (C=N–C) groups is 1. The van der Waals surface area contributed by atoms with Crippen LogP contribution in [0.25, 0.3) is 0 Å². The number of hydrogen-bond donors (Lipinski definition) is 0. The molecule has 0 aliphatic rings. The molecule has 1 radical (unpaired) electrons. The molecule has 0 atom stereocenters. The van der Waals surface area contributed by atoms with Crippen LogP contribution >= 0.6 is 0 Å². The minimum atomic E-state index is 0. The van der Waals surface area contributed by atoms with Gasteiger partial charge in [-0.05, 0) is 25.8 Å². The number of hydrogen-bond acceptors (Lipinski definition) is 1. The molecule has 0 amide bonds. The molecule has 0 rings (SSSR count). The molecule has 0 saturated heterocycles. The van der Waals surface area contributed by atoms with E-state index >= 15 is 0 Å². The topological polar surface area (TPSA) is 12.4 Å². The SMILES string of the molecule is [CH2]C=C(C)C=NCCCCCC.[LiH]. The van der Waals surface area contributed by atoms with Gasteiger partial charge in [-0.3, -0.25) is 4.99 Å². The molecule has 2 heteroatoms. The Bertz CT molecular complexity index is 150. The third kappa shape index (κ3) is 12.0. The molecule has 71 valence electrons. The van der Waals surface area contributed by atoms with Crippen molar-refractivity contribution in [3.8, 4) is 0 Å². The molecule has 0 N–H and O–H groups in total. The molecule has 0 spiro atoms. The number of nitrogens with zero attached hydrogens (tertiary/aromatic N) is 1. The molecule has 0 saturated carbocycles. The Labute approximate surface area is 94.9 Å². The zero-order valence-corrected chi connectivity index (χ0v) is 8.34. The fourth-order valence-electron chi connectivity index (χ4n) is 0.891. The summed E-state index contributed by atoms with van der Waals surface area (Å²) in [7, 11) is 0. The molecule has 0 aliphatic carbocycles. The molecule has 0 fully saturated rings. The molecule has 0 unspecified atom stereocenters. The number of rotatable bonds is 6. The Morgan fingerprint density at radius 3 is 2.54 bits per heavy atom. The van der Waals surface area contributed by atoms with E-state index in [1.165, 1.54) is 25.7 Å². The van der Waals surface area contributed by atoms with Gasteiger partial charge in [0.15, 0.2) is 0 Å². The van der Waals surface area contributed by atoms with Crippen LogP contribution in [-0.4, -0.2) is 31.6 Å². The van der Waals surface area contributed by atoms with Gasteiger partial charge in [-0.25, -0.2) is 0 Å². The summed E-state index contributed by atoms with van der Waals surface area (Å²) in [5.74, 6) is 0. The summed E-state index contributed by atoms with van der Waals surface area (Å²) < 4.78 is 0. The van der Waals surface area contributed by atoms with Crippen LogP contribution < -0.4 is 0 Å². The molecule has 13 heavy (non-hydrogen) atoms. The quantitative estimate of drug-likeness (QED) is 0.333. The Morgan fingerprint density at radius 1 is 1.31 bits per heavy atom. The van der Waals surface area contributed by atoms with Crippen molar-refractivity contribution < 1.29 is 0 Å². The van der Waals surface area contributed by atoms with Crippen LogP contribution in [0.1, 0.15) is 39.5 Å². The molecule has 0 aromatic heterocycles. The zero-order chi connectivity index (χ0) is 9.23. The maximum absolute atomic E-state index is 4.28. The number of allylic oxidation sites excluding steroid dienone is 2.